The predicted molar refractivity (Wildman–Crippen MR) is 98.4 cm³/mol. The molecular weight excluding hydrogens is 282 g/mol. The molecule has 120 valence electrons. The Balaban J connectivity index is 2.26. The Morgan fingerprint density at radius 2 is 1.61 bits per heavy atom. The molecule has 0 aliphatic heterocycles. The van der Waals surface area contributed by atoms with Crippen molar-refractivity contribution in [1.82, 2.24) is 0 Å². The van der Waals surface area contributed by atoms with E-state index in [-0.39, 0.29) is 11.5 Å². The quantitative estimate of drug-likeness (QED) is 0.383. The first-order valence-electron chi connectivity index (χ1n) is 7.97. The summed E-state index contributed by atoms with van der Waals surface area (Å²) in [7, 11) is 0. The van der Waals surface area contributed by atoms with Gasteiger partial charge >= 0.3 is 0 Å². The van der Waals surface area contributed by atoms with Gasteiger partial charge in [0.05, 0.1) is 5.69 Å². The van der Waals surface area contributed by atoms with Crippen LogP contribution in [0.5, 0.6) is 0 Å². The van der Waals surface area contributed by atoms with E-state index < -0.39 is 0 Å². The van der Waals surface area contributed by atoms with Gasteiger partial charge in [0.15, 0.2) is 5.90 Å². The number of para-hydroxylation sites is 1. The molecule has 0 amide bonds. The van der Waals surface area contributed by atoms with E-state index in [1.165, 1.54) is 5.56 Å². The van der Waals surface area contributed by atoms with Crippen molar-refractivity contribution in [3.8, 4) is 0 Å². The van der Waals surface area contributed by atoms with Crippen molar-refractivity contribution in [2.24, 2.45) is 4.99 Å². The average molecular weight is 307 g/mol. The van der Waals surface area contributed by atoms with Gasteiger partial charge in [0, 0.05) is 12.3 Å². The van der Waals surface area contributed by atoms with Crippen LogP contribution in [0.2, 0.25) is 0 Å². The van der Waals surface area contributed by atoms with Crippen LogP contribution < -0.4 is 0 Å². The molecule has 2 aromatic rings. The van der Waals surface area contributed by atoms with Gasteiger partial charge in [-0.15, -0.1) is 6.58 Å². The highest BCUT2D eigenvalue weighted by Crippen LogP contribution is 2.25. The fourth-order valence-corrected chi connectivity index (χ4v) is 2.34. The van der Waals surface area contributed by atoms with Crippen LogP contribution in [0, 0.1) is 0 Å². The monoisotopic (exact) mass is 307 g/mol. The van der Waals surface area contributed by atoms with Gasteiger partial charge < -0.3 is 4.74 Å². The van der Waals surface area contributed by atoms with Crippen LogP contribution in [-0.4, -0.2) is 11.5 Å². The molecule has 2 rings (SSSR count). The number of ether oxygens (including phenoxy) is 1. The minimum Gasteiger partial charge on any atom is -0.475 e. The topological polar surface area (TPSA) is 21.6 Å². The fourth-order valence-electron chi connectivity index (χ4n) is 2.34. The molecule has 1 atom stereocenters. The van der Waals surface area contributed by atoms with E-state index in [0.717, 1.165) is 11.6 Å². The highest BCUT2D eigenvalue weighted by Gasteiger charge is 2.19. The largest absolute Gasteiger partial charge is 0.475 e. The molecule has 0 aliphatic rings. The van der Waals surface area contributed by atoms with Gasteiger partial charge in [0.25, 0.3) is 0 Å². The number of benzene rings is 2. The predicted octanol–water partition coefficient (Wildman–Crippen LogP) is 5.89. The summed E-state index contributed by atoms with van der Waals surface area (Å²) in [6.07, 6.45) is 2.65. The van der Waals surface area contributed by atoms with Gasteiger partial charge in [-0.3, -0.25) is 0 Å². The van der Waals surface area contributed by atoms with Crippen molar-refractivity contribution in [2.75, 3.05) is 0 Å². The van der Waals surface area contributed by atoms with Gasteiger partial charge in [-0.25, -0.2) is 4.99 Å². The molecule has 2 nitrogen and oxygen atoms in total. The molecule has 23 heavy (non-hydrogen) atoms. The van der Waals surface area contributed by atoms with Crippen LogP contribution in [0.4, 0.5) is 5.69 Å². The van der Waals surface area contributed by atoms with Gasteiger partial charge in [0.2, 0.25) is 0 Å². The second-order valence-electron chi connectivity index (χ2n) is 6.51. The van der Waals surface area contributed by atoms with E-state index in [9.17, 15) is 0 Å². The third-order valence-corrected chi connectivity index (χ3v) is 3.34. The molecule has 0 aromatic heterocycles. The van der Waals surface area contributed by atoms with Crippen LogP contribution in [0.3, 0.4) is 0 Å². The second-order valence-corrected chi connectivity index (χ2v) is 6.51. The molecule has 0 N–H and O–H groups in total. The molecule has 0 fully saturated rings. The van der Waals surface area contributed by atoms with Crippen molar-refractivity contribution in [2.45, 2.75) is 38.7 Å². The lowest BCUT2D eigenvalue weighted by Crippen LogP contribution is -2.25. The standard InChI is InChI=1S/C21H25NO/c1-5-17(18-12-8-6-9-13-18)16-20(23-21(2,3)4)22-19-14-10-7-11-15-19/h5-15,17H,1,16H2,2-4H3/t17-/m0/s1. The zero-order valence-corrected chi connectivity index (χ0v) is 14.2. The number of rotatable bonds is 5. The maximum Gasteiger partial charge on any atom is 0.189 e. The summed E-state index contributed by atoms with van der Waals surface area (Å²) in [6, 6.07) is 20.3. The fraction of sp³-hybridized carbons (Fsp3) is 0.286. The average Bonchev–Trinajstić information content (AvgIpc) is 2.53. The van der Waals surface area contributed by atoms with Crippen LogP contribution in [0.25, 0.3) is 0 Å². The summed E-state index contributed by atoms with van der Waals surface area (Å²) < 4.78 is 6.10. The van der Waals surface area contributed by atoms with E-state index >= 15 is 0 Å². The lowest BCUT2D eigenvalue weighted by molar-refractivity contribution is 0.112. The summed E-state index contributed by atoms with van der Waals surface area (Å²) in [6.45, 7) is 10.1. The molecule has 0 saturated heterocycles. The Morgan fingerprint density at radius 1 is 1.04 bits per heavy atom. The van der Waals surface area contributed by atoms with E-state index in [2.05, 4.69) is 18.7 Å². The van der Waals surface area contributed by atoms with Crippen molar-refractivity contribution < 1.29 is 4.74 Å². The number of aliphatic imine (C=N–C) groups is 1. The Kier molecular flexibility index (Phi) is 5.75. The maximum absolute atomic E-state index is 6.10. The first kappa shape index (κ1) is 17.0. The molecular formula is C21H25NO. The molecule has 0 radical (unpaired) electrons. The molecule has 0 aliphatic carbocycles. The molecule has 2 heteroatoms. The summed E-state index contributed by atoms with van der Waals surface area (Å²) in [5, 5.41) is 0. The summed E-state index contributed by atoms with van der Waals surface area (Å²) in [4.78, 5) is 4.70. The molecule has 0 spiro atoms. The SMILES string of the molecule is C=C[C@@H](CC(=Nc1ccccc1)OC(C)(C)C)c1ccccc1. The summed E-state index contributed by atoms with van der Waals surface area (Å²) in [5.74, 6) is 0.915. The molecule has 0 saturated carbocycles. The van der Waals surface area contributed by atoms with Gasteiger partial charge in [-0.05, 0) is 38.5 Å². The normalized spacial score (nSPS) is 13.4. The zero-order valence-electron chi connectivity index (χ0n) is 14.2. The third kappa shape index (κ3) is 5.74. The lowest BCUT2D eigenvalue weighted by atomic mass is 9.95. The van der Waals surface area contributed by atoms with Gasteiger partial charge in [-0.2, -0.15) is 0 Å². The van der Waals surface area contributed by atoms with Gasteiger partial charge in [0.1, 0.15) is 5.60 Å². The van der Waals surface area contributed by atoms with Crippen molar-refractivity contribution in [3.05, 3.63) is 78.9 Å². The Hall–Kier alpha value is -2.35. The summed E-state index contributed by atoms with van der Waals surface area (Å²) in [5.41, 5.74) is 1.85. The van der Waals surface area contributed by atoms with Crippen LogP contribution in [0.1, 0.15) is 38.7 Å². The number of hydrogen-bond donors (Lipinski definition) is 0. The number of allylic oxidation sites excluding steroid dienone is 1. The minimum absolute atomic E-state index is 0.181. The van der Waals surface area contributed by atoms with Crippen molar-refractivity contribution >= 4 is 11.6 Å². The van der Waals surface area contributed by atoms with Gasteiger partial charge in [-0.1, -0.05) is 54.6 Å². The first-order chi connectivity index (χ1) is 11.0. The van der Waals surface area contributed by atoms with Crippen molar-refractivity contribution in [1.29, 1.82) is 0 Å². The second kappa shape index (κ2) is 7.77. The zero-order chi connectivity index (χ0) is 16.7. The van der Waals surface area contributed by atoms with Crippen LogP contribution in [0.15, 0.2) is 78.3 Å². The third-order valence-electron chi connectivity index (χ3n) is 3.34. The number of hydrogen-bond acceptors (Lipinski definition) is 2. The lowest BCUT2D eigenvalue weighted by Gasteiger charge is -2.24. The van der Waals surface area contributed by atoms with E-state index in [1.54, 1.807) is 0 Å². The first-order valence-corrected chi connectivity index (χ1v) is 7.97. The highest BCUT2D eigenvalue weighted by molar-refractivity contribution is 5.80. The van der Waals surface area contributed by atoms with Crippen LogP contribution in [-0.2, 0) is 4.74 Å². The van der Waals surface area contributed by atoms with Crippen LogP contribution >= 0.6 is 0 Å². The Morgan fingerprint density at radius 3 is 2.13 bits per heavy atom. The molecule has 0 unspecified atom stereocenters. The molecule has 0 bridgehead atoms. The maximum atomic E-state index is 6.10. The van der Waals surface area contributed by atoms with E-state index in [1.807, 2.05) is 75.4 Å². The van der Waals surface area contributed by atoms with E-state index in [0.29, 0.717) is 6.42 Å². The smallest absolute Gasteiger partial charge is 0.189 e. The van der Waals surface area contributed by atoms with E-state index in [4.69, 9.17) is 9.73 Å². The van der Waals surface area contributed by atoms with Crippen molar-refractivity contribution in [3.63, 3.8) is 0 Å². The number of nitrogens with zero attached hydrogens (tertiary/aromatic N) is 1. The molecule has 0 heterocycles. The Bertz CT molecular complexity index is 639. The summed E-state index contributed by atoms with van der Waals surface area (Å²) >= 11 is 0. The minimum atomic E-state index is -0.282. The highest BCUT2D eigenvalue weighted by atomic mass is 16.5. The molecule has 2 aromatic carbocycles. The Labute approximate surface area is 139 Å².